The predicted octanol–water partition coefficient (Wildman–Crippen LogP) is 1.21. The first-order chi connectivity index (χ1) is 17.0. The highest BCUT2D eigenvalue weighted by Crippen LogP contribution is 2.41. The van der Waals surface area contributed by atoms with Gasteiger partial charge in [0.05, 0.1) is 43.2 Å². The van der Waals surface area contributed by atoms with Crippen LogP contribution in [0.4, 0.5) is 5.82 Å². The smallest absolute Gasteiger partial charge is 0.253 e. The number of nitrogens with zero attached hydrogens (tertiary/aromatic N) is 2. The lowest BCUT2D eigenvalue weighted by atomic mass is 9.92. The van der Waals surface area contributed by atoms with Gasteiger partial charge >= 0.3 is 0 Å². The Labute approximate surface area is 201 Å². The number of benzene rings is 1. The number of aryl methyl sites for hydroxylation is 1. The number of amides is 1. The number of morpholine rings is 1. The van der Waals surface area contributed by atoms with Crippen LogP contribution in [-0.2, 0) is 22.7 Å². The minimum Gasteiger partial charge on any atom is -0.486 e. The minimum absolute atomic E-state index is 0.00322. The van der Waals surface area contributed by atoms with Gasteiger partial charge in [-0.1, -0.05) is 0 Å². The molecule has 3 aliphatic heterocycles. The fourth-order valence-electron chi connectivity index (χ4n) is 4.99. The molecule has 0 unspecified atom stereocenters. The van der Waals surface area contributed by atoms with E-state index in [0.717, 1.165) is 40.9 Å². The summed E-state index contributed by atoms with van der Waals surface area (Å²) in [5.74, 6) is 0.578. The third-order valence-electron chi connectivity index (χ3n) is 6.86. The Bertz CT molecular complexity index is 1390. The summed E-state index contributed by atoms with van der Waals surface area (Å²) < 4.78 is 17.5. The molecule has 4 N–H and O–H groups in total. The van der Waals surface area contributed by atoms with Crippen molar-refractivity contribution >= 4 is 22.6 Å². The summed E-state index contributed by atoms with van der Waals surface area (Å²) in [5, 5.41) is 4.05. The van der Waals surface area contributed by atoms with E-state index < -0.39 is 5.91 Å². The zero-order valence-corrected chi connectivity index (χ0v) is 19.5. The molecule has 0 radical (unpaired) electrons. The zero-order chi connectivity index (χ0) is 24.1. The molecule has 0 saturated carbocycles. The first kappa shape index (κ1) is 22.0. The number of carbonyl (C=O) groups is 1. The second-order valence-electron chi connectivity index (χ2n) is 9.18. The molecule has 10 nitrogen and oxygen atoms in total. The van der Waals surface area contributed by atoms with Crippen LogP contribution in [0.25, 0.3) is 22.0 Å². The van der Waals surface area contributed by atoms with Crippen molar-refractivity contribution in [2.75, 3.05) is 44.3 Å². The number of carbonyl (C=O) groups excluding carboxylic acids is 1. The maximum atomic E-state index is 12.9. The number of rotatable bonds is 5. The number of hydrogen-bond donors (Lipinski definition) is 3. The highest BCUT2D eigenvalue weighted by atomic mass is 16.5. The number of primary amides is 1. The quantitative estimate of drug-likeness (QED) is 0.500. The van der Waals surface area contributed by atoms with Gasteiger partial charge in [-0.05, 0) is 30.2 Å². The largest absolute Gasteiger partial charge is 0.486 e. The summed E-state index contributed by atoms with van der Waals surface area (Å²) in [6.07, 6.45) is 0.00322. The van der Waals surface area contributed by atoms with E-state index in [1.165, 1.54) is 0 Å². The fraction of sp³-hybridized carbons (Fsp3) is 0.400. The van der Waals surface area contributed by atoms with Gasteiger partial charge in [-0.25, -0.2) is 4.98 Å². The first-order valence-electron chi connectivity index (χ1n) is 11.8. The molecule has 0 bridgehead atoms. The molecule has 1 amide bonds. The molecule has 2 aromatic heterocycles. The number of aromatic amines is 1. The maximum Gasteiger partial charge on any atom is 0.253 e. The Balaban J connectivity index is 1.62. The van der Waals surface area contributed by atoms with E-state index in [4.69, 9.17) is 24.9 Å². The number of fused-ring (bicyclic) bond motifs is 2. The third-order valence-corrected chi connectivity index (χ3v) is 6.86. The van der Waals surface area contributed by atoms with Crippen molar-refractivity contribution in [2.24, 2.45) is 5.73 Å². The van der Waals surface area contributed by atoms with E-state index in [2.05, 4.69) is 10.3 Å². The monoisotopic (exact) mass is 477 g/mol. The molecular formula is C25H27N5O5. The van der Waals surface area contributed by atoms with Crippen LogP contribution in [0.1, 0.15) is 27.2 Å². The second-order valence-corrected chi connectivity index (χ2v) is 9.18. The standard InChI is InChI=1S/C25H27N5O5/c1-13-6-20(31)29-23-16(13)7-14(8-19(23)35-15-9-27-10-15)21-17-11-34-12-18(17)28-25(22(21)24(26)32)30-2-4-33-5-3-30/h6-8,15,27H,2-5,9-12H2,1H3,(H2,26,32)(H,29,31). The van der Waals surface area contributed by atoms with Gasteiger partial charge in [0, 0.05) is 48.8 Å². The molecule has 10 heteroatoms. The van der Waals surface area contributed by atoms with E-state index in [1.54, 1.807) is 6.07 Å². The molecule has 0 spiro atoms. The van der Waals surface area contributed by atoms with Crippen molar-refractivity contribution in [3.8, 4) is 16.9 Å². The molecule has 3 aliphatic rings. The van der Waals surface area contributed by atoms with E-state index >= 15 is 0 Å². The van der Waals surface area contributed by atoms with Crippen molar-refractivity contribution in [3.05, 3.63) is 50.9 Å². The molecule has 0 aliphatic carbocycles. The van der Waals surface area contributed by atoms with Crippen LogP contribution >= 0.6 is 0 Å². The lowest BCUT2D eigenvalue weighted by Gasteiger charge is -2.31. The Morgan fingerprint density at radius 2 is 1.97 bits per heavy atom. The number of ether oxygens (including phenoxy) is 3. The summed E-state index contributed by atoms with van der Waals surface area (Å²) in [7, 11) is 0. The summed E-state index contributed by atoms with van der Waals surface area (Å²) in [5.41, 5.74) is 10.8. The van der Waals surface area contributed by atoms with Gasteiger partial charge in [-0.2, -0.15) is 0 Å². The molecule has 182 valence electrons. The molecule has 2 fully saturated rings. The highest BCUT2D eigenvalue weighted by molar-refractivity contribution is 6.06. The summed E-state index contributed by atoms with van der Waals surface area (Å²) >= 11 is 0. The molecule has 1 aromatic carbocycles. The van der Waals surface area contributed by atoms with Gasteiger partial charge < -0.3 is 35.1 Å². The number of nitrogens with one attached hydrogen (secondary N) is 2. The minimum atomic E-state index is -0.548. The Morgan fingerprint density at radius 3 is 2.69 bits per heavy atom. The SMILES string of the molecule is Cc1cc(=O)[nH]c2c(OC3CNC3)cc(-c3c4c(nc(N5CCOCC5)c3C(N)=O)COC4)cc12. The Morgan fingerprint density at radius 1 is 1.17 bits per heavy atom. The highest BCUT2D eigenvalue weighted by Gasteiger charge is 2.31. The van der Waals surface area contributed by atoms with Gasteiger partial charge in [0.15, 0.2) is 0 Å². The van der Waals surface area contributed by atoms with Gasteiger partial charge in [-0.15, -0.1) is 0 Å². The number of H-pyrrole nitrogens is 1. The normalized spacial score (nSPS) is 17.9. The molecule has 3 aromatic rings. The Hall–Kier alpha value is -3.47. The van der Waals surface area contributed by atoms with Crippen molar-refractivity contribution in [3.63, 3.8) is 0 Å². The topological polar surface area (TPSA) is 132 Å². The van der Waals surface area contributed by atoms with E-state index in [1.807, 2.05) is 24.0 Å². The fourth-order valence-corrected chi connectivity index (χ4v) is 4.99. The van der Waals surface area contributed by atoms with Gasteiger partial charge in [0.2, 0.25) is 5.56 Å². The number of anilines is 1. The number of pyridine rings is 2. The van der Waals surface area contributed by atoms with Crippen LogP contribution in [0, 0.1) is 6.92 Å². The lowest BCUT2D eigenvalue weighted by Crippen LogP contribution is -2.50. The lowest BCUT2D eigenvalue weighted by molar-refractivity contribution is 0.0998. The molecule has 2 saturated heterocycles. The molecule has 6 rings (SSSR count). The van der Waals surface area contributed by atoms with E-state index in [0.29, 0.717) is 67.7 Å². The molecule has 35 heavy (non-hydrogen) atoms. The maximum absolute atomic E-state index is 12.9. The van der Waals surface area contributed by atoms with Crippen LogP contribution < -0.4 is 26.2 Å². The van der Waals surface area contributed by atoms with Crippen LogP contribution in [-0.4, -0.2) is 61.4 Å². The van der Waals surface area contributed by atoms with Crippen molar-refractivity contribution in [1.29, 1.82) is 0 Å². The first-order valence-corrected chi connectivity index (χ1v) is 11.8. The van der Waals surface area contributed by atoms with Gasteiger partial charge in [0.1, 0.15) is 17.7 Å². The van der Waals surface area contributed by atoms with Gasteiger partial charge in [-0.3, -0.25) is 9.59 Å². The average molecular weight is 478 g/mol. The average Bonchev–Trinajstić information content (AvgIpc) is 3.29. The predicted molar refractivity (Wildman–Crippen MR) is 130 cm³/mol. The molecule has 0 atom stereocenters. The summed E-state index contributed by atoms with van der Waals surface area (Å²) in [4.78, 5) is 35.0. The van der Waals surface area contributed by atoms with Crippen LogP contribution in [0.5, 0.6) is 5.75 Å². The van der Waals surface area contributed by atoms with E-state index in [-0.39, 0.29) is 11.7 Å². The van der Waals surface area contributed by atoms with Crippen molar-refractivity contribution < 1.29 is 19.0 Å². The molecular weight excluding hydrogens is 450 g/mol. The van der Waals surface area contributed by atoms with Crippen LogP contribution in [0.2, 0.25) is 0 Å². The number of aromatic nitrogens is 2. The van der Waals surface area contributed by atoms with Crippen molar-refractivity contribution in [2.45, 2.75) is 26.2 Å². The summed E-state index contributed by atoms with van der Waals surface area (Å²) in [6, 6.07) is 5.44. The molecule has 5 heterocycles. The summed E-state index contributed by atoms with van der Waals surface area (Å²) in [6.45, 7) is 6.41. The van der Waals surface area contributed by atoms with Crippen LogP contribution in [0.3, 0.4) is 0 Å². The number of nitrogens with two attached hydrogens (primary N) is 1. The Kier molecular flexibility index (Phi) is 5.43. The number of hydrogen-bond acceptors (Lipinski definition) is 8. The second kappa shape index (κ2) is 8.63. The van der Waals surface area contributed by atoms with Gasteiger partial charge in [0.25, 0.3) is 5.91 Å². The zero-order valence-electron chi connectivity index (χ0n) is 19.5. The van der Waals surface area contributed by atoms with Crippen molar-refractivity contribution in [1.82, 2.24) is 15.3 Å². The van der Waals surface area contributed by atoms with Crippen LogP contribution in [0.15, 0.2) is 23.0 Å². The van der Waals surface area contributed by atoms with E-state index in [9.17, 15) is 9.59 Å². The third kappa shape index (κ3) is 3.83.